The van der Waals surface area contributed by atoms with E-state index >= 15 is 0 Å². The second-order valence-electron chi connectivity index (χ2n) is 4.55. The minimum Gasteiger partial charge on any atom is -0.409 e. The molecule has 1 aromatic carbocycles. The van der Waals surface area contributed by atoms with E-state index in [-0.39, 0.29) is 11.7 Å². The van der Waals surface area contributed by atoms with Crippen LogP contribution in [0.25, 0.3) is 0 Å². The molecule has 1 aromatic heterocycles. The van der Waals surface area contributed by atoms with Crippen molar-refractivity contribution in [3.8, 4) is 0 Å². The molecule has 0 aliphatic carbocycles. The van der Waals surface area contributed by atoms with Gasteiger partial charge in [0.25, 0.3) is 5.91 Å². The van der Waals surface area contributed by atoms with Crippen LogP contribution < -0.4 is 11.1 Å². The highest BCUT2D eigenvalue weighted by atomic mass is 16.4. The predicted molar refractivity (Wildman–Crippen MR) is 79.1 cm³/mol. The minimum absolute atomic E-state index is 0.0351. The largest absolute Gasteiger partial charge is 0.409 e. The Morgan fingerprint density at radius 1 is 1.33 bits per heavy atom. The van der Waals surface area contributed by atoms with Crippen molar-refractivity contribution in [2.75, 3.05) is 0 Å². The van der Waals surface area contributed by atoms with E-state index in [4.69, 9.17) is 10.9 Å². The maximum atomic E-state index is 12.0. The van der Waals surface area contributed by atoms with E-state index in [1.807, 2.05) is 13.0 Å². The minimum atomic E-state index is -0.172. The number of aryl methyl sites for hydroxylation is 1. The predicted octanol–water partition coefficient (Wildman–Crippen LogP) is 1.41. The molecule has 108 valence electrons. The lowest BCUT2D eigenvalue weighted by Gasteiger charge is -2.07. The number of amidine groups is 1. The van der Waals surface area contributed by atoms with Crippen molar-refractivity contribution in [1.29, 1.82) is 0 Å². The van der Waals surface area contributed by atoms with Crippen LogP contribution in [0.1, 0.15) is 27.2 Å². The Kier molecular flexibility index (Phi) is 4.50. The van der Waals surface area contributed by atoms with Gasteiger partial charge < -0.3 is 16.3 Å². The fourth-order valence-electron chi connectivity index (χ4n) is 1.87. The lowest BCUT2D eigenvalue weighted by Crippen LogP contribution is -2.23. The highest BCUT2D eigenvalue weighted by Crippen LogP contribution is 2.06. The van der Waals surface area contributed by atoms with E-state index in [9.17, 15) is 4.79 Å². The first-order valence-corrected chi connectivity index (χ1v) is 6.38. The normalized spacial score (nSPS) is 11.2. The van der Waals surface area contributed by atoms with Gasteiger partial charge in [-0.25, -0.2) is 0 Å². The van der Waals surface area contributed by atoms with E-state index in [2.05, 4.69) is 15.5 Å². The summed E-state index contributed by atoms with van der Waals surface area (Å²) in [5.41, 5.74) is 8.35. The van der Waals surface area contributed by atoms with Crippen LogP contribution in [0, 0.1) is 6.92 Å². The fourth-order valence-corrected chi connectivity index (χ4v) is 1.87. The summed E-state index contributed by atoms with van der Waals surface area (Å²) in [6.45, 7) is 2.18. The molecule has 0 atom stereocenters. The summed E-state index contributed by atoms with van der Waals surface area (Å²) in [5.74, 6) is -0.136. The van der Waals surface area contributed by atoms with E-state index in [0.717, 1.165) is 11.3 Å². The molecule has 2 aromatic rings. The topological polar surface area (TPSA) is 101 Å². The number of nitrogens with zero attached hydrogens (tertiary/aromatic N) is 2. The van der Waals surface area contributed by atoms with Crippen LogP contribution >= 0.6 is 0 Å². The second kappa shape index (κ2) is 6.51. The van der Waals surface area contributed by atoms with Gasteiger partial charge in [-0.2, -0.15) is 0 Å². The molecule has 0 fully saturated rings. The summed E-state index contributed by atoms with van der Waals surface area (Å²) in [6.07, 6.45) is 1.60. The molecule has 0 bridgehead atoms. The zero-order chi connectivity index (χ0) is 15.2. The Labute approximate surface area is 122 Å². The van der Waals surface area contributed by atoms with Gasteiger partial charge in [0.15, 0.2) is 5.84 Å². The van der Waals surface area contributed by atoms with E-state index in [0.29, 0.717) is 17.7 Å². The van der Waals surface area contributed by atoms with Crippen LogP contribution in [-0.4, -0.2) is 21.9 Å². The van der Waals surface area contributed by atoms with Gasteiger partial charge in [-0.05, 0) is 30.7 Å². The molecule has 2 rings (SSSR count). The van der Waals surface area contributed by atoms with Gasteiger partial charge in [-0.3, -0.25) is 9.78 Å². The zero-order valence-corrected chi connectivity index (χ0v) is 11.6. The molecule has 6 heteroatoms. The van der Waals surface area contributed by atoms with Crippen molar-refractivity contribution in [1.82, 2.24) is 10.3 Å². The molecule has 1 amide bonds. The maximum absolute atomic E-state index is 12.0. The number of oxime groups is 1. The Morgan fingerprint density at radius 2 is 2.14 bits per heavy atom. The smallest absolute Gasteiger partial charge is 0.251 e. The number of pyridine rings is 1. The number of carbonyl (C=O) groups excluding carboxylic acids is 1. The molecule has 4 N–H and O–H groups in total. The molecular formula is C15H16N4O2. The van der Waals surface area contributed by atoms with Crippen LogP contribution in [-0.2, 0) is 6.54 Å². The van der Waals surface area contributed by atoms with Crippen LogP contribution in [0.4, 0.5) is 0 Å². The Bertz CT molecular complexity index is 683. The monoisotopic (exact) mass is 284 g/mol. The lowest BCUT2D eigenvalue weighted by atomic mass is 10.1. The molecule has 0 saturated heterocycles. The van der Waals surface area contributed by atoms with E-state index in [1.54, 1.807) is 36.5 Å². The summed E-state index contributed by atoms with van der Waals surface area (Å²) in [4.78, 5) is 16.1. The number of nitrogens with one attached hydrogen (secondary N) is 1. The van der Waals surface area contributed by atoms with Crippen molar-refractivity contribution in [2.24, 2.45) is 10.9 Å². The molecule has 0 aliphatic rings. The van der Waals surface area contributed by atoms with Crippen molar-refractivity contribution in [3.63, 3.8) is 0 Å². The molecule has 0 unspecified atom stereocenters. The number of rotatable bonds is 4. The van der Waals surface area contributed by atoms with Gasteiger partial charge >= 0.3 is 0 Å². The molecule has 0 radical (unpaired) electrons. The highest BCUT2D eigenvalue weighted by molar-refractivity contribution is 5.97. The SMILES string of the molecule is Cc1cc(C(=O)NCc2cccc(/C(N)=N/O)c2)ccn1. The number of aromatic nitrogens is 1. The third-order valence-corrected chi connectivity index (χ3v) is 2.94. The third-order valence-electron chi connectivity index (χ3n) is 2.94. The maximum Gasteiger partial charge on any atom is 0.251 e. The molecular weight excluding hydrogens is 268 g/mol. The first kappa shape index (κ1) is 14.5. The Hall–Kier alpha value is -2.89. The van der Waals surface area contributed by atoms with Gasteiger partial charge in [0.2, 0.25) is 0 Å². The van der Waals surface area contributed by atoms with Crippen molar-refractivity contribution >= 4 is 11.7 Å². The van der Waals surface area contributed by atoms with Crippen LogP contribution in [0.15, 0.2) is 47.8 Å². The van der Waals surface area contributed by atoms with Gasteiger partial charge in [-0.1, -0.05) is 23.4 Å². The Morgan fingerprint density at radius 3 is 2.86 bits per heavy atom. The second-order valence-corrected chi connectivity index (χ2v) is 4.55. The summed E-state index contributed by atoms with van der Waals surface area (Å²) in [7, 11) is 0. The first-order valence-electron chi connectivity index (χ1n) is 6.38. The quantitative estimate of drug-likeness (QED) is 0.342. The number of nitrogens with two attached hydrogens (primary N) is 1. The molecule has 6 nitrogen and oxygen atoms in total. The standard InChI is InChI=1S/C15H16N4O2/c1-10-7-13(5-6-17-10)15(20)18-9-11-3-2-4-12(8-11)14(16)19-21/h2-8,21H,9H2,1H3,(H2,16,19)(H,18,20). The third kappa shape index (κ3) is 3.79. The summed E-state index contributed by atoms with van der Waals surface area (Å²) >= 11 is 0. The highest BCUT2D eigenvalue weighted by Gasteiger charge is 2.06. The molecule has 0 saturated carbocycles. The first-order chi connectivity index (χ1) is 10.1. The van der Waals surface area contributed by atoms with Crippen molar-refractivity contribution in [3.05, 3.63) is 65.0 Å². The van der Waals surface area contributed by atoms with E-state index < -0.39 is 0 Å². The number of amides is 1. The van der Waals surface area contributed by atoms with Crippen LogP contribution in [0.3, 0.4) is 0 Å². The zero-order valence-electron chi connectivity index (χ0n) is 11.6. The van der Waals surface area contributed by atoms with Crippen LogP contribution in [0.2, 0.25) is 0 Å². The van der Waals surface area contributed by atoms with Crippen molar-refractivity contribution in [2.45, 2.75) is 13.5 Å². The summed E-state index contributed by atoms with van der Waals surface area (Å²) in [6, 6.07) is 10.5. The lowest BCUT2D eigenvalue weighted by molar-refractivity contribution is 0.0950. The Balaban J connectivity index is 2.05. The van der Waals surface area contributed by atoms with Gasteiger partial charge in [-0.15, -0.1) is 0 Å². The van der Waals surface area contributed by atoms with E-state index in [1.165, 1.54) is 0 Å². The number of benzene rings is 1. The molecule has 0 spiro atoms. The number of carbonyl (C=O) groups is 1. The average Bonchev–Trinajstić information content (AvgIpc) is 2.52. The van der Waals surface area contributed by atoms with Crippen molar-refractivity contribution < 1.29 is 10.0 Å². The molecule has 0 aliphatic heterocycles. The number of hydrogen-bond donors (Lipinski definition) is 3. The van der Waals surface area contributed by atoms with Gasteiger partial charge in [0, 0.05) is 29.6 Å². The summed E-state index contributed by atoms with van der Waals surface area (Å²) < 4.78 is 0. The molecule has 1 heterocycles. The van der Waals surface area contributed by atoms with Crippen LogP contribution in [0.5, 0.6) is 0 Å². The van der Waals surface area contributed by atoms with Gasteiger partial charge in [0.05, 0.1) is 0 Å². The summed E-state index contributed by atoms with van der Waals surface area (Å²) in [5, 5.41) is 14.4. The number of hydrogen-bond acceptors (Lipinski definition) is 4. The molecule has 21 heavy (non-hydrogen) atoms. The van der Waals surface area contributed by atoms with Gasteiger partial charge in [0.1, 0.15) is 0 Å². The fraction of sp³-hybridized carbons (Fsp3) is 0.133. The average molecular weight is 284 g/mol.